The minimum atomic E-state index is 0.205. The molecule has 2 aliphatic heterocycles. The van der Waals surface area contributed by atoms with Crippen LogP contribution in [0.25, 0.3) is 0 Å². The van der Waals surface area contributed by atoms with Crippen LogP contribution in [0.3, 0.4) is 0 Å². The Balaban J connectivity index is 1.81. The predicted octanol–water partition coefficient (Wildman–Crippen LogP) is 2.10. The van der Waals surface area contributed by atoms with Crippen LogP contribution in [0.2, 0.25) is 0 Å². The van der Waals surface area contributed by atoms with Gasteiger partial charge in [0.25, 0.3) is 0 Å². The van der Waals surface area contributed by atoms with Crippen molar-refractivity contribution in [2.45, 2.75) is 44.7 Å². The van der Waals surface area contributed by atoms with Crippen molar-refractivity contribution in [2.75, 3.05) is 0 Å². The minimum Gasteiger partial charge on any atom is -0.311 e. The van der Waals surface area contributed by atoms with Gasteiger partial charge in [0.05, 0.1) is 0 Å². The lowest BCUT2D eigenvalue weighted by Gasteiger charge is -2.28. The molecule has 3 rings (SSSR count). The van der Waals surface area contributed by atoms with E-state index in [1.807, 2.05) is 13.0 Å². The summed E-state index contributed by atoms with van der Waals surface area (Å²) >= 11 is 0. The van der Waals surface area contributed by atoms with Gasteiger partial charge in [-0.05, 0) is 44.2 Å². The molecular formula is C14H18N2O. The molecule has 2 fully saturated rings. The van der Waals surface area contributed by atoms with Crippen LogP contribution in [-0.2, 0) is 0 Å². The summed E-state index contributed by atoms with van der Waals surface area (Å²) in [5, 5.41) is 3.57. The average molecular weight is 230 g/mol. The zero-order chi connectivity index (χ0) is 11.8. The predicted molar refractivity (Wildman–Crippen MR) is 66.0 cm³/mol. The first kappa shape index (κ1) is 10.9. The molecule has 0 aromatic carbocycles. The highest BCUT2D eigenvalue weighted by Crippen LogP contribution is 2.33. The van der Waals surface area contributed by atoms with E-state index in [2.05, 4.69) is 10.3 Å². The van der Waals surface area contributed by atoms with E-state index in [1.165, 1.54) is 12.8 Å². The smallest absolute Gasteiger partial charge is 0.167 e. The summed E-state index contributed by atoms with van der Waals surface area (Å²) in [5.41, 5.74) is 1.87. The Hall–Kier alpha value is -1.22. The number of aryl methyl sites for hydroxylation is 1. The Bertz CT molecular complexity index is 432. The standard InChI is InChI=1S/C14H18N2O/c1-9-4-5-15-8-13(9)14(17)10-6-11-2-3-12(7-10)16-11/h4-5,8,10-12,16H,2-3,6-7H2,1H3. The molecule has 0 aliphatic carbocycles. The SMILES string of the molecule is Cc1ccncc1C(=O)C1CC2CCC(C1)N2. The molecule has 2 atom stereocenters. The fourth-order valence-electron chi connectivity index (χ4n) is 3.21. The van der Waals surface area contributed by atoms with Crippen LogP contribution in [0.15, 0.2) is 18.5 Å². The van der Waals surface area contributed by atoms with Crippen molar-refractivity contribution in [3.8, 4) is 0 Å². The number of ketones is 1. The number of hydrogen-bond donors (Lipinski definition) is 1. The van der Waals surface area contributed by atoms with Gasteiger partial charge in [-0.1, -0.05) is 0 Å². The van der Waals surface area contributed by atoms with Gasteiger partial charge in [0.15, 0.2) is 5.78 Å². The van der Waals surface area contributed by atoms with Crippen LogP contribution in [0, 0.1) is 12.8 Å². The first-order valence-corrected chi connectivity index (χ1v) is 6.45. The maximum absolute atomic E-state index is 12.5. The van der Waals surface area contributed by atoms with Gasteiger partial charge < -0.3 is 5.32 Å². The van der Waals surface area contributed by atoms with Crippen LogP contribution in [0.5, 0.6) is 0 Å². The second-order valence-electron chi connectivity index (χ2n) is 5.36. The van der Waals surface area contributed by atoms with E-state index in [9.17, 15) is 4.79 Å². The molecule has 3 nitrogen and oxygen atoms in total. The molecule has 3 heteroatoms. The number of fused-ring (bicyclic) bond motifs is 2. The van der Waals surface area contributed by atoms with Crippen molar-refractivity contribution >= 4 is 5.78 Å². The molecule has 2 saturated heterocycles. The third-order valence-corrected chi connectivity index (χ3v) is 4.15. The van der Waals surface area contributed by atoms with Crippen molar-refractivity contribution in [2.24, 2.45) is 5.92 Å². The molecule has 3 heterocycles. The van der Waals surface area contributed by atoms with E-state index in [4.69, 9.17) is 0 Å². The topological polar surface area (TPSA) is 42.0 Å². The number of hydrogen-bond acceptors (Lipinski definition) is 3. The largest absolute Gasteiger partial charge is 0.311 e. The summed E-state index contributed by atoms with van der Waals surface area (Å²) in [5.74, 6) is 0.505. The third-order valence-electron chi connectivity index (χ3n) is 4.15. The molecule has 17 heavy (non-hydrogen) atoms. The number of nitrogens with zero attached hydrogens (tertiary/aromatic N) is 1. The van der Waals surface area contributed by atoms with Crippen molar-refractivity contribution in [3.63, 3.8) is 0 Å². The van der Waals surface area contributed by atoms with Crippen LogP contribution >= 0.6 is 0 Å². The molecular weight excluding hydrogens is 212 g/mol. The lowest BCUT2D eigenvalue weighted by Crippen LogP contribution is -2.40. The van der Waals surface area contributed by atoms with Gasteiger partial charge in [-0.2, -0.15) is 0 Å². The molecule has 2 bridgehead atoms. The second-order valence-corrected chi connectivity index (χ2v) is 5.36. The number of carbonyl (C=O) groups is 1. The number of Topliss-reactive ketones (excluding diaryl/α,β-unsaturated/α-hetero) is 1. The third kappa shape index (κ3) is 2.00. The Kier molecular flexibility index (Phi) is 2.71. The lowest BCUT2D eigenvalue weighted by atomic mass is 9.85. The van der Waals surface area contributed by atoms with E-state index < -0.39 is 0 Å². The Morgan fingerprint density at radius 1 is 1.35 bits per heavy atom. The zero-order valence-electron chi connectivity index (χ0n) is 10.1. The zero-order valence-corrected chi connectivity index (χ0v) is 10.1. The summed E-state index contributed by atoms with van der Waals surface area (Å²) in [6.07, 6.45) is 7.95. The van der Waals surface area contributed by atoms with Gasteiger partial charge in [-0.25, -0.2) is 0 Å². The number of nitrogens with one attached hydrogen (secondary N) is 1. The quantitative estimate of drug-likeness (QED) is 0.791. The molecule has 0 spiro atoms. The number of carbonyl (C=O) groups excluding carboxylic acids is 1. The van der Waals surface area contributed by atoms with Crippen LogP contribution in [0.1, 0.15) is 41.6 Å². The number of piperidine rings is 1. The molecule has 1 aromatic rings. The van der Waals surface area contributed by atoms with Gasteiger partial charge in [-0.3, -0.25) is 9.78 Å². The summed E-state index contributed by atoms with van der Waals surface area (Å²) in [4.78, 5) is 16.6. The van der Waals surface area contributed by atoms with Crippen molar-refractivity contribution < 1.29 is 4.79 Å². The monoisotopic (exact) mass is 230 g/mol. The molecule has 1 N–H and O–H groups in total. The van der Waals surface area contributed by atoms with Crippen LogP contribution < -0.4 is 5.32 Å². The first-order valence-electron chi connectivity index (χ1n) is 6.45. The highest BCUT2D eigenvalue weighted by Gasteiger charge is 2.37. The average Bonchev–Trinajstić information content (AvgIpc) is 2.68. The van der Waals surface area contributed by atoms with Crippen LogP contribution in [-0.4, -0.2) is 22.9 Å². The Morgan fingerprint density at radius 3 is 2.71 bits per heavy atom. The second kappa shape index (κ2) is 4.22. The summed E-state index contributed by atoms with van der Waals surface area (Å²) < 4.78 is 0. The molecule has 90 valence electrons. The van der Waals surface area contributed by atoms with Gasteiger partial charge in [-0.15, -0.1) is 0 Å². The van der Waals surface area contributed by atoms with E-state index in [0.29, 0.717) is 17.9 Å². The van der Waals surface area contributed by atoms with E-state index >= 15 is 0 Å². The fourth-order valence-corrected chi connectivity index (χ4v) is 3.21. The summed E-state index contributed by atoms with van der Waals surface area (Å²) in [6, 6.07) is 3.06. The fraction of sp³-hybridized carbons (Fsp3) is 0.571. The van der Waals surface area contributed by atoms with Crippen molar-refractivity contribution in [1.29, 1.82) is 0 Å². The maximum Gasteiger partial charge on any atom is 0.167 e. The molecule has 2 aliphatic rings. The van der Waals surface area contributed by atoms with Crippen LogP contribution in [0.4, 0.5) is 0 Å². The van der Waals surface area contributed by atoms with Gasteiger partial charge in [0, 0.05) is 36.0 Å². The normalized spacial score (nSPS) is 31.5. The van der Waals surface area contributed by atoms with Crippen molar-refractivity contribution in [1.82, 2.24) is 10.3 Å². The molecule has 0 radical (unpaired) electrons. The first-order chi connectivity index (χ1) is 8.24. The lowest BCUT2D eigenvalue weighted by molar-refractivity contribution is 0.0874. The Morgan fingerprint density at radius 2 is 2.06 bits per heavy atom. The van der Waals surface area contributed by atoms with E-state index in [0.717, 1.165) is 24.0 Å². The van der Waals surface area contributed by atoms with Gasteiger partial charge in [0.1, 0.15) is 0 Å². The van der Waals surface area contributed by atoms with E-state index in [1.54, 1.807) is 12.4 Å². The molecule has 1 aromatic heterocycles. The number of aromatic nitrogens is 1. The Labute approximate surface area is 102 Å². The number of pyridine rings is 1. The summed E-state index contributed by atoms with van der Waals surface area (Å²) in [6.45, 7) is 1.99. The van der Waals surface area contributed by atoms with Gasteiger partial charge in [0.2, 0.25) is 0 Å². The summed E-state index contributed by atoms with van der Waals surface area (Å²) in [7, 11) is 0. The maximum atomic E-state index is 12.5. The molecule has 2 unspecified atom stereocenters. The number of rotatable bonds is 2. The highest BCUT2D eigenvalue weighted by atomic mass is 16.1. The molecule has 0 saturated carbocycles. The van der Waals surface area contributed by atoms with Crippen molar-refractivity contribution in [3.05, 3.63) is 29.6 Å². The van der Waals surface area contributed by atoms with E-state index in [-0.39, 0.29) is 5.92 Å². The minimum absolute atomic E-state index is 0.205. The van der Waals surface area contributed by atoms with Gasteiger partial charge >= 0.3 is 0 Å². The highest BCUT2D eigenvalue weighted by molar-refractivity contribution is 5.99. The molecule has 0 amide bonds.